The number of nitrogen functional groups attached to an aromatic ring is 1. The number of carbonyl (C=O) groups is 2. The summed E-state index contributed by atoms with van der Waals surface area (Å²) in [4.78, 5) is 26.7. The maximum atomic E-state index is 13.4. The second-order valence-corrected chi connectivity index (χ2v) is 3.68. The van der Waals surface area contributed by atoms with E-state index in [1.807, 2.05) is 0 Å². The minimum Gasteiger partial charge on any atom is -0.465 e. The van der Waals surface area contributed by atoms with Gasteiger partial charge >= 0.3 is 5.97 Å². The molecule has 1 aromatic carbocycles. The molecule has 2 rings (SSSR count). The predicted octanol–water partition coefficient (Wildman–Crippen LogP) is 0.565. The number of aromatic nitrogens is 3. The van der Waals surface area contributed by atoms with Crippen LogP contribution in [0, 0.1) is 5.82 Å². The molecule has 0 aliphatic carbocycles. The average molecular weight is 279 g/mol. The summed E-state index contributed by atoms with van der Waals surface area (Å²) < 4.78 is 17.8. The molecule has 0 spiro atoms. The average Bonchev–Trinajstić information content (AvgIpc) is 2.87. The van der Waals surface area contributed by atoms with Crippen LogP contribution in [0.4, 0.5) is 16.0 Å². The Morgan fingerprint density at radius 1 is 1.45 bits per heavy atom. The molecular formula is C11H10FN5O3. The molecule has 20 heavy (non-hydrogen) atoms. The van der Waals surface area contributed by atoms with Crippen LogP contribution in [0.25, 0.3) is 0 Å². The van der Waals surface area contributed by atoms with E-state index in [1.54, 1.807) is 0 Å². The van der Waals surface area contributed by atoms with Gasteiger partial charge in [0.05, 0.1) is 12.7 Å². The number of hydrogen-bond acceptors (Lipinski definition) is 6. The quantitative estimate of drug-likeness (QED) is 0.705. The second-order valence-electron chi connectivity index (χ2n) is 3.68. The zero-order valence-electron chi connectivity index (χ0n) is 10.3. The minimum atomic E-state index is -0.845. The molecule has 4 N–H and O–H groups in total. The zero-order valence-corrected chi connectivity index (χ0v) is 10.3. The highest BCUT2D eigenvalue weighted by molar-refractivity contribution is 6.02. The summed E-state index contributed by atoms with van der Waals surface area (Å²) in [5.74, 6) is -2.41. The van der Waals surface area contributed by atoms with Crippen LogP contribution in [-0.2, 0) is 4.74 Å². The van der Waals surface area contributed by atoms with E-state index in [0.29, 0.717) is 0 Å². The molecule has 0 aliphatic rings. The number of methoxy groups -OCH3 is 1. The smallest absolute Gasteiger partial charge is 0.340 e. The number of nitrogens with zero attached hydrogens (tertiary/aromatic N) is 2. The first-order valence-corrected chi connectivity index (χ1v) is 5.38. The van der Waals surface area contributed by atoms with Gasteiger partial charge in [0.25, 0.3) is 5.91 Å². The van der Waals surface area contributed by atoms with Crippen molar-refractivity contribution in [3.05, 3.63) is 35.4 Å². The molecule has 0 saturated heterocycles. The first-order valence-electron chi connectivity index (χ1n) is 5.38. The zero-order chi connectivity index (χ0) is 14.7. The van der Waals surface area contributed by atoms with Crippen molar-refractivity contribution >= 4 is 23.5 Å². The number of rotatable bonds is 3. The number of aromatic amines is 1. The SMILES string of the molecule is COC(=O)c1cc(NC(=O)c2nc(N)n[nH]2)ccc1F. The molecule has 8 nitrogen and oxygen atoms in total. The van der Waals surface area contributed by atoms with Crippen molar-refractivity contribution in [3.8, 4) is 0 Å². The van der Waals surface area contributed by atoms with Crippen LogP contribution in [0.5, 0.6) is 0 Å². The van der Waals surface area contributed by atoms with Gasteiger partial charge in [-0.2, -0.15) is 4.98 Å². The molecule has 0 atom stereocenters. The van der Waals surface area contributed by atoms with Crippen LogP contribution in [0.1, 0.15) is 21.0 Å². The first-order chi connectivity index (χ1) is 9.51. The number of halogens is 1. The van der Waals surface area contributed by atoms with Crippen molar-refractivity contribution in [3.63, 3.8) is 0 Å². The van der Waals surface area contributed by atoms with Gasteiger partial charge in [-0.1, -0.05) is 0 Å². The molecule has 0 radical (unpaired) electrons. The Bertz CT molecular complexity index is 670. The van der Waals surface area contributed by atoms with Gasteiger partial charge in [0, 0.05) is 5.69 Å². The number of esters is 1. The highest BCUT2D eigenvalue weighted by Gasteiger charge is 2.15. The number of carbonyl (C=O) groups excluding carboxylic acids is 2. The standard InChI is InChI=1S/C11H10FN5O3/c1-20-10(19)6-4-5(2-3-7(6)12)14-9(18)8-15-11(13)17-16-8/h2-4H,1H3,(H,14,18)(H3,13,15,16,17). The highest BCUT2D eigenvalue weighted by Crippen LogP contribution is 2.16. The monoisotopic (exact) mass is 279 g/mol. The van der Waals surface area contributed by atoms with Gasteiger partial charge in [0.2, 0.25) is 11.8 Å². The molecule has 9 heteroatoms. The Morgan fingerprint density at radius 2 is 2.20 bits per heavy atom. The van der Waals surface area contributed by atoms with Crippen LogP contribution in [-0.4, -0.2) is 34.2 Å². The van der Waals surface area contributed by atoms with Crippen molar-refractivity contribution < 1.29 is 18.7 Å². The Labute approximate surface area is 112 Å². The summed E-state index contributed by atoms with van der Waals surface area (Å²) in [5, 5.41) is 8.24. The van der Waals surface area contributed by atoms with Crippen molar-refractivity contribution in [2.45, 2.75) is 0 Å². The first kappa shape index (κ1) is 13.5. The molecule has 1 heterocycles. The molecule has 0 saturated carbocycles. The summed E-state index contributed by atoms with van der Waals surface area (Å²) >= 11 is 0. The molecule has 1 amide bonds. The number of hydrogen-bond donors (Lipinski definition) is 3. The lowest BCUT2D eigenvalue weighted by Crippen LogP contribution is -2.15. The maximum Gasteiger partial charge on any atom is 0.340 e. The minimum absolute atomic E-state index is 0.0792. The fourth-order valence-corrected chi connectivity index (χ4v) is 1.44. The van der Waals surface area contributed by atoms with Gasteiger partial charge in [-0.15, -0.1) is 5.10 Å². The van der Waals surface area contributed by atoms with Crippen molar-refractivity contribution in [2.75, 3.05) is 18.2 Å². The van der Waals surface area contributed by atoms with Gasteiger partial charge < -0.3 is 15.8 Å². The van der Waals surface area contributed by atoms with Crippen molar-refractivity contribution in [1.29, 1.82) is 0 Å². The summed E-state index contributed by atoms with van der Waals surface area (Å²) in [6.45, 7) is 0. The molecule has 1 aromatic heterocycles. The van der Waals surface area contributed by atoms with Gasteiger partial charge in [0.1, 0.15) is 5.82 Å². The summed E-state index contributed by atoms with van der Waals surface area (Å²) in [6.07, 6.45) is 0. The molecule has 104 valence electrons. The Morgan fingerprint density at radius 3 is 2.80 bits per heavy atom. The number of H-pyrrole nitrogens is 1. The number of anilines is 2. The third-order valence-electron chi connectivity index (χ3n) is 2.35. The molecule has 0 aliphatic heterocycles. The third kappa shape index (κ3) is 2.71. The second kappa shape index (κ2) is 5.34. The lowest BCUT2D eigenvalue weighted by atomic mass is 10.2. The third-order valence-corrected chi connectivity index (χ3v) is 2.35. The molecule has 0 fully saturated rings. The fourth-order valence-electron chi connectivity index (χ4n) is 1.44. The Hall–Kier alpha value is -2.97. The Kier molecular flexibility index (Phi) is 3.60. The van der Waals surface area contributed by atoms with E-state index in [2.05, 4.69) is 25.2 Å². The lowest BCUT2D eigenvalue weighted by molar-refractivity contribution is 0.0595. The van der Waals surface area contributed by atoms with E-state index >= 15 is 0 Å². The van der Waals surface area contributed by atoms with E-state index in [9.17, 15) is 14.0 Å². The number of nitrogens with one attached hydrogen (secondary N) is 2. The lowest BCUT2D eigenvalue weighted by Gasteiger charge is -2.06. The molecule has 2 aromatic rings. The largest absolute Gasteiger partial charge is 0.465 e. The van der Waals surface area contributed by atoms with Crippen molar-refractivity contribution in [1.82, 2.24) is 15.2 Å². The van der Waals surface area contributed by atoms with Gasteiger partial charge in [-0.25, -0.2) is 9.18 Å². The van der Waals surface area contributed by atoms with Crippen LogP contribution in [0.2, 0.25) is 0 Å². The van der Waals surface area contributed by atoms with Crippen molar-refractivity contribution in [2.24, 2.45) is 0 Å². The molecule has 0 unspecified atom stereocenters. The van der Waals surface area contributed by atoms with E-state index in [1.165, 1.54) is 6.07 Å². The topological polar surface area (TPSA) is 123 Å². The summed E-state index contributed by atoms with van der Waals surface area (Å²) in [5.41, 5.74) is 5.18. The van der Waals surface area contributed by atoms with Crippen LogP contribution in [0.15, 0.2) is 18.2 Å². The van der Waals surface area contributed by atoms with E-state index in [0.717, 1.165) is 19.2 Å². The summed E-state index contributed by atoms with van der Waals surface area (Å²) in [7, 11) is 1.13. The van der Waals surface area contributed by atoms with Gasteiger partial charge in [-0.05, 0) is 18.2 Å². The number of ether oxygens (including phenoxy) is 1. The van der Waals surface area contributed by atoms with Crippen LogP contribution < -0.4 is 11.1 Å². The summed E-state index contributed by atoms with van der Waals surface area (Å²) in [6, 6.07) is 3.48. The number of nitrogens with two attached hydrogens (primary N) is 1. The van der Waals surface area contributed by atoms with E-state index < -0.39 is 17.7 Å². The molecule has 0 bridgehead atoms. The highest BCUT2D eigenvalue weighted by atomic mass is 19.1. The maximum absolute atomic E-state index is 13.4. The Balaban J connectivity index is 2.22. The van der Waals surface area contributed by atoms with Crippen LogP contribution >= 0.6 is 0 Å². The fraction of sp³-hybridized carbons (Fsp3) is 0.0909. The van der Waals surface area contributed by atoms with Crippen LogP contribution in [0.3, 0.4) is 0 Å². The molecular weight excluding hydrogens is 269 g/mol. The van der Waals surface area contributed by atoms with E-state index in [-0.39, 0.29) is 23.0 Å². The van der Waals surface area contributed by atoms with Gasteiger partial charge in [-0.3, -0.25) is 9.89 Å². The van der Waals surface area contributed by atoms with Gasteiger partial charge in [0.15, 0.2) is 0 Å². The number of amides is 1. The normalized spacial score (nSPS) is 10.1. The number of benzene rings is 1. The van der Waals surface area contributed by atoms with E-state index in [4.69, 9.17) is 5.73 Å². The predicted molar refractivity (Wildman–Crippen MR) is 66.5 cm³/mol.